The minimum atomic E-state index is -0.963. The Kier molecular flexibility index (Phi) is 6.18. The molecule has 3 atom stereocenters. The third kappa shape index (κ3) is 4.32. The summed E-state index contributed by atoms with van der Waals surface area (Å²) in [5.41, 5.74) is 1.06. The molecule has 1 N–H and O–H groups in total. The summed E-state index contributed by atoms with van der Waals surface area (Å²) in [5.74, 6) is -1.28. The van der Waals surface area contributed by atoms with Crippen molar-refractivity contribution in [1.82, 2.24) is 4.90 Å². The molecule has 23 heavy (non-hydrogen) atoms. The van der Waals surface area contributed by atoms with E-state index in [0.717, 1.165) is 10.0 Å². The average molecular weight is 384 g/mol. The molecule has 126 valence electrons. The van der Waals surface area contributed by atoms with Crippen molar-refractivity contribution in [1.29, 1.82) is 0 Å². The standard InChI is InChI=1S/C17H22BrNO4/c1-3-12(7-11-5-4-6-13(18)8-11)16(20)19-10-14(23-2)9-15(19)17(21)22/h4-6,8,12,14-15H,3,7,9-10H2,1-2H3,(H,21,22). The van der Waals surface area contributed by atoms with E-state index in [4.69, 9.17) is 4.74 Å². The Morgan fingerprint density at radius 2 is 2.22 bits per heavy atom. The minimum absolute atomic E-state index is 0.0978. The maximum absolute atomic E-state index is 12.8. The second-order valence-corrected chi connectivity index (χ2v) is 6.79. The molecule has 1 aromatic carbocycles. The van der Waals surface area contributed by atoms with Crippen LogP contribution in [0.2, 0.25) is 0 Å². The zero-order chi connectivity index (χ0) is 17.0. The molecule has 3 unspecified atom stereocenters. The summed E-state index contributed by atoms with van der Waals surface area (Å²) in [6, 6.07) is 7.07. The molecule has 0 aromatic heterocycles. The first-order valence-corrected chi connectivity index (χ1v) is 8.56. The maximum Gasteiger partial charge on any atom is 0.326 e. The molecule has 0 saturated carbocycles. The van der Waals surface area contributed by atoms with Crippen LogP contribution in [0.3, 0.4) is 0 Å². The van der Waals surface area contributed by atoms with Gasteiger partial charge in [-0.25, -0.2) is 4.79 Å². The van der Waals surface area contributed by atoms with Crippen molar-refractivity contribution in [2.24, 2.45) is 5.92 Å². The molecule has 0 radical (unpaired) electrons. The van der Waals surface area contributed by atoms with Crippen LogP contribution >= 0.6 is 15.9 Å². The van der Waals surface area contributed by atoms with Crippen LogP contribution in [0.15, 0.2) is 28.7 Å². The van der Waals surface area contributed by atoms with Crippen LogP contribution < -0.4 is 0 Å². The molecule has 1 aromatic rings. The normalized spacial score (nSPS) is 22.1. The van der Waals surface area contributed by atoms with Gasteiger partial charge < -0.3 is 14.7 Å². The second-order valence-electron chi connectivity index (χ2n) is 5.88. The summed E-state index contributed by atoms with van der Waals surface area (Å²) in [7, 11) is 1.55. The van der Waals surface area contributed by atoms with E-state index in [1.807, 2.05) is 31.2 Å². The molecular formula is C17H22BrNO4. The highest BCUT2D eigenvalue weighted by atomic mass is 79.9. The number of carboxylic acids is 1. The monoisotopic (exact) mass is 383 g/mol. The number of hydrogen-bond donors (Lipinski definition) is 1. The number of benzene rings is 1. The third-order valence-corrected chi connectivity index (χ3v) is 4.87. The predicted octanol–water partition coefficient (Wildman–Crippen LogP) is 2.72. The summed E-state index contributed by atoms with van der Waals surface area (Å²) < 4.78 is 6.23. The van der Waals surface area contributed by atoms with Crippen LogP contribution in [0.4, 0.5) is 0 Å². The zero-order valence-electron chi connectivity index (χ0n) is 13.4. The maximum atomic E-state index is 12.8. The lowest BCUT2D eigenvalue weighted by molar-refractivity contribution is -0.150. The Hall–Kier alpha value is -1.40. The summed E-state index contributed by atoms with van der Waals surface area (Å²) in [4.78, 5) is 25.7. The number of methoxy groups -OCH3 is 1. The lowest BCUT2D eigenvalue weighted by Gasteiger charge is -2.26. The van der Waals surface area contributed by atoms with Gasteiger partial charge in [0.15, 0.2) is 0 Å². The molecule has 1 aliphatic heterocycles. The predicted molar refractivity (Wildman–Crippen MR) is 90.2 cm³/mol. The van der Waals surface area contributed by atoms with Crippen LogP contribution in [0.5, 0.6) is 0 Å². The largest absolute Gasteiger partial charge is 0.480 e. The number of halogens is 1. The Morgan fingerprint density at radius 3 is 2.78 bits per heavy atom. The SMILES string of the molecule is CCC(Cc1cccc(Br)c1)C(=O)N1CC(OC)CC1C(=O)O. The molecular weight excluding hydrogens is 362 g/mol. The lowest BCUT2D eigenvalue weighted by atomic mass is 9.95. The smallest absolute Gasteiger partial charge is 0.326 e. The molecule has 6 heteroatoms. The number of rotatable bonds is 6. The Bertz CT molecular complexity index is 577. The number of carbonyl (C=O) groups excluding carboxylic acids is 1. The first kappa shape index (κ1) is 17.9. The van der Waals surface area contributed by atoms with E-state index in [-0.39, 0.29) is 17.9 Å². The number of likely N-dealkylation sites (tertiary alicyclic amines) is 1. The molecule has 1 aliphatic rings. The van der Waals surface area contributed by atoms with Gasteiger partial charge in [-0.05, 0) is 30.5 Å². The van der Waals surface area contributed by atoms with Crippen LogP contribution in [0, 0.1) is 5.92 Å². The van der Waals surface area contributed by atoms with Gasteiger partial charge in [-0.2, -0.15) is 0 Å². The summed E-state index contributed by atoms with van der Waals surface area (Å²) in [5, 5.41) is 9.37. The van der Waals surface area contributed by atoms with Gasteiger partial charge in [-0.15, -0.1) is 0 Å². The van der Waals surface area contributed by atoms with E-state index in [2.05, 4.69) is 15.9 Å². The first-order chi connectivity index (χ1) is 11.0. The van der Waals surface area contributed by atoms with Gasteiger partial charge in [0, 0.05) is 30.5 Å². The van der Waals surface area contributed by atoms with Gasteiger partial charge >= 0.3 is 5.97 Å². The molecule has 0 bridgehead atoms. The lowest BCUT2D eigenvalue weighted by Crippen LogP contribution is -2.44. The van der Waals surface area contributed by atoms with Crippen molar-refractivity contribution in [3.63, 3.8) is 0 Å². The second kappa shape index (κ2) is 7.93. The van der Waals surface area contributed by atoms with Gasteiger partial charge in [0.2, 0.25) is 5.91 Å². The molecule has 1 amide bonds. The highest BCUT2D eigenvalue weighted by Gasteiger charge is 2.41. The number of carboxylic acid groups (broad SMARTS) is 1. The minimum Gasteiger partial charge on any atom is -0.480 e. The first-order valence-electron chi connectivity index (χ1n) is 7.76. The average Bonchev–Trinajstić information content (AvgIpc) is 2.96. The Balaban J connectivity index is 2.13. The van der Waals surface area contributed by atoms with Gasteiger partial charge in [-0.1, -0.05) is 35.0 Å². The summed E-state index contributed by atoms with van der Waals surface area (Å²) in [6.45, 7) is 2.31. The summed E-state index contributed by atoms with van der Waals surface area (Å²) in [6.07, 6.45) is 1.43. The van der Waals surface area contributed by atoms with Gasteiger partial charge in [0.05, 0.1) is 6.10 Å². The highest BCUT2D eigenvalue weighted by molar-refractivity contribution is 9.10. The van der Waals surface area contributed by atoms with E-state index < -0.39 is 12.0 Å². The van der Waals surface area contributed by atoms with Crippen molar-refractivity contribution in [2.45, 2.75) is 38.3 Å². The summed E-state index contributed by atoms with van der Waals surface area (Å²) >= 11 is 3.43. The number of nitrogens with zero attached hydrogens (tertiary/aromatic N) is 1. The van der Waals surface area contributed by atoms with Crippen LogP contribution in [-0.2, 0) is 20.7 Å². The molecule has 0 aliphatic carbocycles. The molecule has 1 fully saturated rings. The fourth-order valence-electron chi connectivity index (χ4n) is 3.04. The highest BCUT2D eigenvalue weighted by Crippen LogP contribution is 2.25. The molecule has 2 rings (SSSR count). The molecule has 0 spiro atoms. The number of hydrogen-bond acceptors (Lipinski definition) is 3. The molecule has 1 heterocycles. The van der Waals surface area contributed by atoms with Crippen molar-refractivity contribution in [2.75, 3.05) is 13.7 Å². The fraction of sp³-hybridized carbons (Fsp3) is 0.529. The van der Waals surface area contributed by atoms with E-state index in [1.165, 1.54) is 4.90 Å². The number of carbonyl (C=O) groups is 2. The number of ether oxygens (including phenoxy) is 1. The Labute approximate surface area is 144 Å². The van der Waals surface area contributed by atoms with Gasteiger partial charge in [0.25, 0.3) is 0 Å². The molecule has 5 nitrogen and oxygen atoms in total. The van der Waals surface area contributed by atoms with Crippen molar-refractivity contribution in [3.05, 3.63) is 34.3 Å². The van der Waals surface area contributed by atoms with Crippen molar-refractivity contribution < 1.29 is 19.4 Å². The number of amides is 1. The van der Waals surface area contributed by atoms with Crippen LogP contribution in [-0.4, -0.2) is 47.7 Å². The quantitative estimate of drug-likeness (QED) is 0.819. The van der Waals surface area contributed by atoms with E-state index in [1.54, 1.807) is 7.11 Å². The topological polar surface area (TPSA) is 66.8 Å². The van der Waals surface area contributed by atoms with E-state index in [0.29, 0.717) is 25.8 Å². The molecule has 1 saturated heterocycles. The van der Waals surface area contributed by atoms with E-state index in [9.17, 15) is 14.7 Å². The fourth-order valence-corrected chi connectivity index (χ4v) is 3.48. The van der Waals surface area contributed by atoms with Crippen molar-refractivity contribution in [3.8, 4) is 0 Å². The van der Waals surface area contributed by atoms with Crippen molar-refractivity contribution >= 4 is 27.8 Å². The van der Waals surface area contributed by atoms with E-state index >= 15 is 0 Å². The van der Waals surface area contributed by atoms with Crippen LogP contribution in [0.1, 0.15) is 25.3 Å². The third-order valence-electron chi connectivity index (χ3n) is 4.38. The van der Waals surface area contributed by atoms with Gasteiger partial charge in [-0.3, -0.25) is 4.79 Å². The van der Waals surface area contributed by atoms with Crippen LogP contribution in [0.25, 0.3) is 0 Å². The Morgan fingerprint density at radius 1 is 1.48 bits per heavy atom. The zero-order valence-corrected chi connectivity index (χ0v) is 15.0. The van der Waals surface area contributed by atoms with Gasteiger partial charge in [0.1, 0.15) is 6.04 Å². The number of aliphatic carboxylic acids is 1.